The fourth-order valence-corrected chi connectivity index (χ4v) is 1.58. The van der Waals surface area contributed by atoms with Gasteiger partial charge in [0.15, 0.2) is 0 Å². The molecule has 52 valence electrons. The number of allylic oxidation sites excluding steroid dienone is 5. The molecule has 0 bridgehead atoms. The van der Waals surface area contributed by atoms with Crippen molar-refractivity contribution in [2.75, 3.05) is 0 Å². The molecule has 0 aromatic carbocycles. The predicted octanol–water partition coefficient (Wildman–Crippen LogP) is 3.31. The van der Waals surface area contributed by atoms with Gasteiger partial charge in [0.1, 0.15) is 0 Å². The summed E-state index contributed by atoms with van der Waals surface area (Å²) in [6.07, 6.45) is 5.95. The smallest absolute Gasteiger partial charge is 0.0782 e. The summed E-state index contributed by atoms with van der Waals surface area (Å²) >= 11 is 6.88. The summed E-state index contributed by atoms with van der Waals surface area (Å²) in [6, 6.07) is 0. The minimum absolute atomic E-state index is 0.231. The number of rotatable bonds is 0. The van der Waals surface area contributed by atoms with Gasteiger partial charge in [0.05, 0.1) is 4.83 Å². The molecular formula is C8H6Br2. The van der Waals surface area contributed by atoms with Crippen molar-refractivity contribution in [1.82, 2.24) is 0 Å². The molecule has 1 atom stereocenters. The van der Waals surface area contributed by atoms with Gasteiger partial charge in [-0.1, -0.05) is 50.6 Å². The Hall–Kier alpha value is -0.0400. The number of halogens is 2. The van der Waals surface area contributed by atoms with E-state index in [9.17, 15) is 0 Å². The van der Waals surface area contributed by atoms with Crippen LogP contribution in [0, 0.1) is 0 Å². The van der Waals surface area contributed by atoms with Gasteiger partial charge < -0.3 is 0 Å². The van der Waals surface area contributed by atoms with Crippen molar-refractivity contribution < 1.29 is 0 Å². The van der Waals surface area contributed by atoms with Gasteiger partial charge in [0, 0.05) is 10.1 Å². The second-order valence-electron chi connectivity index (χ2n) is 1.91. The van der Waals surface area contributed by atoms with Crippen LogP contribution in [0.2, 0.25) is 0 Å². The Balaban J connectivity index is 3.00. The molecule has 0 heterocycles. The zero-order valence-electron chi connectivity index (χ0n) is 5.27. The van der Waals surface area contributed by atoms with E-state index < -0.39 is 0 Å². The van der Waals surface area contributed by atoms with Crippen molar-refractivity contribution in [3.8, 4) is 0 Å². The lowest BCUT2D eigenvalue weighted by Crippen LogP contribution is -2.01. The van der Waals surface area contributed by atoms with Gasteiger partial charge in [-0.25, -0.2) is 0 Å². The number of hydrogen-bond donors (Lipinski definition) is 0. The molecule has 0 aliphatic heterocycles. The van der Waals surface area contributed by atoms with E-state index in [0.29, 0.717) is 0 Å². The Bertz CT molecular complexity index is 242. The fraction of sp³-hybridized carbons (Fsp3) is 0.125. The third-order valence-corrected chi connectivity index (χ3v) is 3.57. The normalized spacial score (nSPS) is 24.0. The SMILES string of the molecule is C=C=C1C=CC=C(Br)C1Br. The molecule has 0 aromatic heterocycles. The van der Waals surface area contributed by atoms with Crippen LogP contribution in [-0.2, 0) is 0 Å². The summed E-state index contributed by atoms with van der Waals surface area (Å²) in [5.74, 6) is 0. The third-order valence-electron chi connectivity index (χ3n) is 1.25. The fourth-order valence-electron chi connectivity index (χ4n) is 0.710. The van der Waals surface area contributed by atoms with Gasteiger partial charge in [-0.15, -0.1) is 5.73 Å². The van der Waals surface area contributed by atoms with E-state index >= 15 is 0 Å². The molecule has 10 heavy (non-hydrogen) atoms. The topological polar surface area (TPSA) is 0 Å². The Kier molecular flexibility index (Phi) is 2.72. The molecule has 0 radical (unpaired) electrons. The van der Waals surface area contributed by atoms with Crippen molar-refractivity contribution >= 4 is 31.9 Å². The maximum absolute atomic E-state index is 3.58. The molecule has 0 fully saturated rings. The highest BCUT2D eigenvalue weighted by Crippen LogP contribution is 2.28. The molecule has 0 amide bonds. The van der Waals surface area contributed by atoms with E-state index in [1.807, 2.05) is 18.2 Å². The summed E-state index contributed by atoms with van der Waals surface area (Å²) in [5, 5.41) is 0. The van der Waals surface area contributed by atoms with Crippen LogP contribution < -0.4 is 0 Å². The molecule has 1 unspecified atom stereocenters. The van der Waals surface area contributed by atoms with E-state index in [-0.39, 0.29) is 4.83 Å². The second kappa shape index (κ2) is 3.38. The molecule has 0 spiro atoms. The van der Waals surface area contributed by atoms with Crippen LogP contribution in [0.25, 0.3) is 0 Å². The third kappa shape index (κ3) is 1.51. The number of hydrogen-bond acceptors (Lipinski definition) is 0. The first-order valence-electron chi connectivity index (χ1n) is 2.83. The molecule has 0 N–H and O–H groups in total. The number of alkyl halides is 1. The van der Waals surface area contributed by atoms with Gasteiger partial charge in [-0.2, -0.15) is 0 Å². The van der Waals surface area contributed by atoms with Gasteiger partial charge in [-0.3, -0.25) is 0 Å². The van der Waals surface area contributed by atoms with Crippen LogP contribution >= 0.6 is 31.9 Å². The molecule has 1 aliphatic carbocycles. The summed E-state index contributed by atoms with van der Waals surface area (Å²) in [4.78, 5) is 0.231. The van der Waals surface area contributed by atoms with E-state index in [4.69, 9.17) is 0 Å². The minimum atomic E-state index is 0.231. The summed E-state index contributed by atoms with van der Waals surface area (Å²) in [7, 11) is 0. The first-order valence-corrected chi connectivity index (χ1v) is 4.54. The molecule has 2 heteroatoms. The molecule has 1 rings (SSSR count). The maximum Gasteiger partial charge on any atom is 0.0782 e. The lowest BCUT2D eigenvalue weighted by atomic mass is 10.1. The van der Waals surface area contributed by atoms with Gasteiger partial charge in [0.2, 0.25) is 0 Å². The maximum atomic E-state index is 3.58. The summed E-state index contributed by atoms with van der Waals surface area (Å²) in [6.45, 7) is 3.58. The largest absolute Gasteiger partial charge is 0.124 e. The van der Waals surface area contributed by atoms with Crippen LogP contribution in [-0.4, -0.2) is 4.83 Å². The molecule has 0 saturated carbocycles. The molecule has 0 aromatic rings. The second-order valence-corrected chi connectivity index (χ2v) is 3.74. The molecule has 0 saturated heterocycles. The average molecular weight is 262 g/mol. The predicted molar refractivity (Wildman–Crippen MR) is 51.5 cm³/mol. The van der Waals surface area contributed by atoms with Crippen molar-refractivity contribution in [2.24, 2.45) is 0 Å². The van der Waals surface area contributed by atoms with Crippen molar-refractivity contribution in [2.45, 2.75) is 4.83 Å². The Morgan fingerprint density at radius 2 is 2.30 bits per heavy atom. The average Bonchev–Trinajstić information content (AvgIpc) is 1.95. The highest BCUT2D eigenvalue weighted by atomic mass is 79.9. The Labute approximate surface area is 77.3 Å². The summed E-state index contributed by atoms with van der Waals surface area (Å²) in [5.41, 5.74) is 3.91. The van der Waals surface area contributed by atoms with Crippen LogP contribution in [0.15, 0.2) is 40.6 Å². The standard InChI is InChI=1S/C8H6Br2/c1-2-6-4-3-5-7(9)8(6)10/h3-5,8H,1H2. The van der Waals surface area contributed by atoms with E-state index in [2.05, 4.69) is 44.2 Å². The van der Waals surface area contributed by atoms with Crippen molar-refractivity contribution in [3.05, 3.63) is 40.6 Å². The lowest BCUT2D eigenvalue weighted by molar-refractivity contribution is 1.30. The minimum Gasteiger partial charge on any atom is -0.124 e. The van der Waals surface area contributed by atoms with Crippen LogP contribution in [0.5, 0.6) is 0 Å². The lowest BCUT2D eigenvalue weighted by Gasteiger charge is -2.10. The van der Waals surface area contributed by atoms with Crippen molar-refractivity contribution in [3.63, 3.8) is 0 Å². The van der Waals surface area contributed by atoms with E-state index in [1.165, 1.54) is 0 Å². The molecule has 0 nitrogen and oxygen atoms in total. The van der Waals surface area contributed by atoms with Gasteiger partial charge in [-0.05, 0) is 6.08 Å². The van der Waals surface area contributed by atoms with Gasteiger partial charge in [0.25, 0.3) is 0 Å². The first-order chi connectivity index (χ1) is 4.75. The highest BCUT2D eigenvalue weighted by Gasteiger charge is 2.12. The quantitative estimate of drug-likeness (QED) is 0.464. The van der Waals surface area contributed by atoms with Gasteiger partial charge >= 0.3 is 0 Å². The molecular weight excluding hydrogens is 256 g/mol. The first kappa shape index (κ1) is 8.06. The van der Waals surface area contributed by atoms with E-state index in [0.717, 1.165) is 10.1 Å². The van der Waals surface area contributed by atoms with E-state index in [1.54, 1.807) is 0 Å². The van der Waals surface area contributed by atoms with Crippen LogP contribution in [0.1, 0.15) is 0 Å². The monoisotopic (exact) mass is 260 g/mol. The Morgan fingerprint density at radius 3 is 2.80 bits per heavy atom. The zero-order valence-corrected chi connectivity index (χ0v) is 8.44. The summed E-state index contributed by atoms with van der Waals surface area (Å²) < 4.78 is 1.11. The Morgan fingerprint density at radius 1 is 1.60 bits per heavy atom. The molecule has 1 aliphatic rings. The highest BCUT2D eigenvalue weighted by molar-refractivity contribution is 9.14. The van der Waals surface area contributed by atoms with Crippen molar-refractivity contribution in [1.29, 1.82) is 0 Å². The zero-order chi connectivity index (χ0) is 7.56. The van der Waals surface area contributed by atoms with Crippen LogP contribution in [0.3, 0.4) is 0 Å². The van der Waals surface area contributed by atoms with Crippen LogP contribution in [0.4, 0.5) is 0 Å².